The zero-order valence-electron chi connectivity index (χ0n) is 16.0. The van der Waals surface area contributed by atoms with E-state index in [0.717, 1.165) is 12.1 Å². The first kappa shape index (κ1) is 23.0. The highest BCUT2D eigenvalue weighted by molar-refractivity contribution is 9.10. The molecule has 1 aromatic carbocycles. The van der Waals surface area contributed by atoms with Crippen molar-refractivity contribution in [2.75, 3.05) is 6.61 Å². The number of alkyl halides is 3. The number of rotatable bonds is 6. The van der Waals surface area contributed by atoms with Crippen LogP contribution in [0.3, 0.4) is 0 Å². The Morgan fingerprint density at radius 1 is 1.37 bits per heavy atom. The number of ether oxygens (including phenoxy) is 1. The van der Waals surface area contributed by atoms with Crippen molar-refractivity contribution in [1.29, 1.82) is 5.26 Å². The van der Waals surface area contributed by atoms with Gasteiger partial charge in [-0.3, -0.25) is 4.79 Å². The van der Waals surface area contributed by atoms with Gasteiger partial charge in [0, 0.05) is 11.1 Å². The summed E-state index contributed by atoms with van der Waals surface area (Å²) in [7, 11) is -4.39. The van der Waals surface area contributed by atoms with E-state index in [0.29, 0.717) is 12.8 Å². The van der Waals surface area contributed by atoms with E-state index in [2.05, 4.69) is 21.2 Å². The fourth-order valence-electron chi connectivity index (χ4n) is 3.75. The van der Waals surface area contributed by atoms with Crippen LogP contribution in [-0.4, -0.2) is 37.8 Å². The molecule has 1 N–H and O–H groups in total. The summed E-state index contributed by atoms with van der Waals surface area (Å²) < 4.78 is 72.3. The Morgan fingerprint density at radius 3 is 2.57 bits per heavy atom. The molecule has 1 amide bonds. The fourth-order valence-corrected chi connectivity index (χ4v) is 6.11. The molecule has 0 saturated heterocycles. The van der Waals surface area contributed by atoms with Gasteiger partial charge in [-0.25, -0.2) is 8.42 Å². The summed E-state index contributed by atoms with van der Waals surface area (Å²) in [5, 5.41) is 10.6. The Kier molecular flexibility index (Phi) is 6.24. The maximum Gasteiger partial charge on any atom is 0.417 e. The third-order valence-corrected chi connectivity index (χ3v) is 8.22. The zero-order chi connectivity index (χ0) is 22.3. The smallest absolute Gasteiger partial charge is 0.378 e. The van der Waals surface area contributed by atoms with Crippen LogP contribution in [0, 0.1) is 17.2 Å². The molecule has 0 aliphatic heterocycles. The van der Waals surface area contributed by atoms with Gasteiger partial charge < -0.3 is 10.1 Å². The molecule has 2 aliphatic carbocycles. The summed E-state index contributed by atoms with van der Waals surface area (Å²) in [6, 6.07) is 4.93. The Morgan fingerprint density at radius 2 is 2.03 bits per heavy atom. The van der Waals surface area contributed by atoms with Gasteiger partial charge >= 0.3 is 6.18 Å². The number of nitriles is 1. The number of carbonyl (C=O) groups excluding carboxylic acids is 1. The van der Waals surface area contributed by atoms with Crippen molar-refractivity contribution in [1.82, 2.24) is 5.32 Å². The second-order valence-electron chi connectivity index (χ2n) is 7.56. The summed E-state index contributed by atoms with van der Waals surface area (Å²) >= 11 is 2.94. The first-order chi connectivity index (χ1) is 13.9. The van der Waals surface area contributed by atoms with Crippen LogP contribution in [0.5, 0.6) is 0 Å². The summed E-state index contributed by atoms with van der Waals surface area (Å²) in [4.78, 5) is 11.9. The van der Waals surface area contributed by atoms with Gasteiger partial charge in [0.2, 0.25) is 5.91 Å². The van der Waals surface area contributed by atoms with Crippen LogP contribution in [0.15, 0.2) is 27.6 Å². The second kappa shape index (κ2) is 8.13. The van der Waals surface area contributed by atoms with E-state index in [4.69, 9.17) is 4.74 Å². The van der Waals surface area contributed by atoms with E-state index >= 15 is 0 Å². The Balaban J connectivity index is 1.90. The molecule has 0 unspecified atom stereocenters. The number of nitrogens with one attached hydrogen (secondary N) is 1. The number of sulfone groups is 1. The molecule has 11 heteroatoms. The van der Waals surface area contributed by atoms with Crippen LogP contribution in [0.2, 0.25) is 0 Å². The van der Waals surface area contributed by atoms with E-state index in [9.17, 15) is 31.6 Å². The summed E-state index contributed by atoms with van der Waals surface area (Å²) in [5.41, 5.74) is -2.18. The third-order valence-electron chi connectivity index (χ3n) is 5.50. The SMILES string of the molecule is CCO[C@@H]1C[C@@H](S(=O)(=O)c2ccc(Br)cc2C(F)(F)F)C[C@H]1C(=O)NC1(C#N)CC1. The monoisotopic (exact) mass is 508 g/mol. The molecule has 2 aliphatic rings. The topological polar surface area (TPSA) is 96.3 Å². The van der Waals surface area contributed by atoms with Gasteiger partial charge in [0.05, 0.1) is 33.8 Å². The lowest BCUT2D eigenvalue weighted by molar-refractivity contribution is -0.140. The third kappa shape index (κ3) is 4.50. The predicted octanol–water partition coefficient (Wildman–Crippen LogP) is 3.60. The highest BCUT2D eigenvalue weighted by atomic mass is 79.9. The Hall–Kier alpha value is -1.64. The van der Waals surface area contributed by atoms with Gasteiger partial charge in [-0.2, -0.15) is 18.4 Å². The van der Waals surface area contributed by atoms with Crippen LogP contribution in [0.4, 0.5) is 13.2 Å². The molecule has 0 radical (unpaired) electrons. The van der Waals surface area contributed by atoms with Crippen molar-refractivity contribution >= 4 is 31.7 Å². The molecule has 0 aromatic heterocycles. The number of carbonyl (C=O) groups is 1. The van der Waals surface area contributed by atoms with Gasteiger partial charge in [-0.1, -0.05) is 15.9 Å². The predicted molar refractivity (Wildman–Crippen MR) is 104 cm³/mol. The van der Waals surface area contributed by atoms with Gasteiger partial charge in [-0.05, 0) is 50.8 Å². The van der Waals surface area contributed by atoms with Gasteiger partial charge in [0.1, 0.15) is 5.54 Å². The summed E-state index contributed by atoms with van der Waals surface area (Å²) in [6.45, 7) is 1.90. The largest absolute Gasteiger partial charge is 0.417 e. The molecule has 30 heavy (non-hydrogen) atoms. The highest BCUT2D eigenvalue weighted by Crippen LogP contribution is 2.42. The van der Waals surface area contributed by atoms with Gasteiger partial charge in [0.25, 0.3) is 0 Å². The normalized spacial score (nSPS) is 25.5. The van der Waals surface area contributed by atoms with Crippen LogP contribution in [0.25, 0.3) is 0 Å². The quantitative estimate of drug-likeness (QED) is 0.633. The van der Waals surface area contributed by atoms with Crippen LogP contribution < -0.4 is 5.32 Å². The fraction of sp³-hybridized carbons (Fsp3) is 0.579. The minimum absolute atomic E-state index is 0.0961. The molecule has 6 nitrogen and oxygen atoms in total. The van der Waals surface area contributed by atoms with Crippen molar-refractivity contribution in [3.05, 3.63) is 28.2 Å². The van der Waals surface area contributed by atoms with E-state index in [1.807, 2.05) is 6.07 Å². The molecule has 2 saturated carbocycles. The maximum absolute atomic E-state index is 13.5. The molecular formula is C19H20BrF3N2O4S. The molecule has 164 valence electrons. The van der Waals surface area contributed by atoms with E-state index in [1.165, 1.54) is 6.07 Å². The van der Waals surface area contributed by atoms with Gasteiger partial charge in [0.15, 0.2) is 9.84 Å². The summed E-state index contributed by atoms with van der Waals surface area (Å²) in [6.07, 6.45) is -4.86. The maximum atomic E-state index is 13.5. The molecule has 0 spiro atoms. The van der Waals surface area contributed by atoms with Crippen molar-refractivity contribution in [2.45, 2.75) is 60.6 Å². The van der Waals surface area contributed by atoms with Crippen LogP contribution in [0.1, 0.15) is 38.2 Å². The lowest BCUT2D eigenvalue weighted by Crippen LogP contribution is -2.42. The Bertz CT molecular complexity index is 986. The number of hydrogen-bond donors (Lipinski definition) is 1. The van der Waals surface area contributed by atoms with Crippen LogP contribution in [-0.2, 0) is 25.5 Å². The average molecular weight is 509 g/mol. The minimum atomic E-state index is -4.86. The first-order valence-electron chi connectivity index (χ1n) is 9.39. The molecule has 2 fully saturated rings. The van der Waals surface area contributed by atoms with Crippen molar-refractivity contribution in [2.24, 2.45) is 5.92 Å². The zero-order valence-corrected chi connectivity index (χ0v) is 18.4. The number of benzene rings is 1. The van der Waals surface area contributed by atoms with E-state index in [1.54, 1.807) is 6.92 Å². The number of hydrogen-bond acceptors (Lipinski definition) is 5. The molecule has 3 rings (SSSR count). The molecule has 0 heterocycles. The lowest BCUT2D eigenvalue weighted by Gasteiger charge is -2.20. The highest BCUT2D eigenvalue weighted by Gasteiger charge is 2.51. The Labute approximate surface area is 180 Å². The second-order valence-corrected chi connectivity index (χ2v) is 10.7. The molecule has 0 bridgehead atoms. The molecule has 3 atom stereocenters. The first-order valence-corrected chi connectivity index (χ1v) is 11.7. The van der Waals surface area contributed by atoms with Crippen molar-refractivity contribution in [3.8, 4) is 6.07 Å². The standard InChI is InChI=1S/C19H20BrF3N2O4S/c1-2-29-15-9-12(8-13(15)17(26)25-18(10-24)5-6-18)30(27,28)16-4-3-11(20)7-14(16)19(21,22)23/h3-4,7,12-13,15H,2,5-6,8-9H2,1H3,(H,25,26)/t12-,13+,15+/m0/s1. The molecule has 1 aromatic rings. The number of amides is 1. The van der Waals surface area contributed by atoms with Crippen LogP contribution >= 0.6 is 15.9 Å². The van der Waals surface area contributed by atoms with E-state index in [-0.39, 0.29) is 23.9 Å². The molecular weight excluding hydrogens is 489 g/mol. The van der Waals surface area contributed by atoms with Gasteiger partial charge in [-0.15, -0.1) is 0 Å². The lowest BCUT2D eigenvalue weighted by atomic mass is 10.0. The van der Waals surface area contributed by atoms with E-state index < -0.39 is 55.2 Å². The number of halogens is 4. The minimum Gasteiger partial charge on any atom is -0.378 e. The van der Waals surface area contributed by atoms with Crippen molar-refractivity contribution in [3.63, 3.8) is 0 Å². The van der Waals surface area contributed by atoms with Crippen molar-refractivity contribution < 1.29 is 31.1 Å². The number of nitrogens with zero attached hydrogens (tertiary/aromatic N) is 1. The average Bonchev–Trinajstić information content (AvgIpc) is 3.29. The summed E-state index contributed by atoms with van der Waals surface area (Å²) in [5.74, 6) is -1.36.